The summed E-state index contributed by atoms with van der Waals surface area (Å²) in [5.74, 6) is 0.638. The molecule has 2 heterocycles. The molecule has 0 amide bonds. The largest absolute Gasteiger partial charge is 0.444 e. The van der Waals surface area contributed by atoms with Crippen LogP contribution in [0.15, 0.2) is 52.9 Å². The van der Waals surface area contributed by atoms with E-state index in [2.05, 4.69) is 15.0 Å². The second-order valence-electron chi connectivity index (χ2n) is 4.87. The third kappa shape index (κ3) is 2.62. The van der Waals surface area contributed by atoms with Crippen LogP contribution in [-0.4, -0.2) is 15.0 Å². The van der Waals surface area contributed by atoms with Gasteiger partial charge in [-0.25, -0.2) is 9.78 Å². The molecular weight excluding hydrogens is 334 g/mol. The van der Waals surface area contributed by atoms with Gasteiger partial charge in [-0.2, -0.15) is 0 Å². The van der Waals surface area contributed by atoms with Crippen molar-refractivity contribution < 1.29 is 4.74 Å². The Hall–Kier alpha value is -2.57. The number of aromatic nitrogens is 3. The standard InChI is InChI=1S/C16H10ClN3O2S/c17-10-2-1-3-13(22-14-7-18-8-23-14)15(10)9-4-5-11-12(6-9)20-16(21)19-11/h1-8H,(H2,19,20,21). The maximum atomic E-state index is 11.4. The van der Waals surface area contributed by atoms with Crippen molar-refractivity contribution in [3.8, 4) is 21.9 Å². The molecule has 0 aliphatic rings. The molecular formula is C16H10ClN3O2S. The van der Waals surface area contributed by atoms with Gasteiger partial charge in [0.25, 0.3) is 0 Å². The Bertz CT molecular complexity index is 1040. The van der Waals surface area contributed by atoms with E-state index in [1.54, 1.807) is 17.8 Å². The fraction of sp³-hybridized carbons (Fsp3) is 0. The monoisotopic (exact) mass is 343 g/mol. The summed E-state index contributed by atoms with van der Waals surface area (Å²) in [6, 6.07) is 11.1. The number of fused-ring (bicyclic) bond motifs is 1. The van der Waals surface area contributed by atoms with E-state index in [-0.39, 0.29) is 5.69 Å². The summed E-state index contributed by atoms with van der Waals surface area (Å²) >= 11 is 7.79. The number of halogens is 1. The highest BCUT2D eigenvalue weighted by Crippen LogP contribution is 2.39. The van der Waals surface area contributed by atoms with Crippen LogP contribution in [0.5, 0.6) is 10.8 Å². The van der Waals surface area contributed by atoms with Crippen molar-refractivity contribution in [3.05, 3.63) is 63.6 Å². The van der Waals surface area contributed by atoms with E-state index in [0.29, 0.717) is 15.8 Å². The van der Waals surface area contributed by atoms with Crippen LogP contribution < -0.4 is 10.4 Å². The number of nitrogens with zero attached hydrogens (tertiary/aromatic N) is 1. The van der Waals surface area contributed by atoms with Gasteiger partial charge < -0.3 is 14.7 Å². The number of rotatable bonds is 3. The molecule has 4 rings (SSSR count). The molecule has 0 unspecified atom stereocenters. The van der Waals surface area contributed by atoms with Crippen molar-refractivity contribution in [2.24, 2.45) is 0 Å². The maximum Gasteiger partial charge on any atom is 0.323 e. The predicted molar refractivity (Wildman–Crippen MR) is 91.6 cm³/mol. The lowest BCUT2D eigenvalue weighted by molar-refractivity contribution is 0.497. The predicted octanol–water partition coefficient (Wildman–Crippen LogP) is 4.43. The smallest absolute Gasteiger partial charge is 0.323 e. The number of hydrogen-bond donors (Lipinski definition) is 2. The molecule has 0 fully saturated rings. The number of aromatic amines is 2. The molecule has 7 heteroatoms. The number of nitrogens with one attached hydrogen (secondary N) is 2. The van der Waals surface area contributed by atoms with Crippen LogP contribution in [0.25, 0.3) is 22.2 Å². The molecule has 0 spiro atoms. The molecule has 4 aromatic rings. The zero-order chi connectivity index (χ0) is 15.8. The highest BCUT2D eigenvalue weighted by atomic mass is 35.5. The van der Waals surface area contributed by atoms with Crippen LogP contribution in [0.3, 0.4) is 0 Å². The van der Waals surface area contributed by atoms with E-state index >= 15 is 0 Å². The number of hydrogen-bond acceptors (Lipinski definition) is 4. The Balaban J connectivity index is 1.87. The fourth-order valence-electron chi connectivity index (χ4n) is 2.42. The molecule has 0 aliphatic heterocycles. The molecule has 0 saturated carbocycles. The Kier molecular flexibility index (Phi) is 3.40. The molecule has 5 nitrogen and oxygen atoms in total. The van der Waals surface area contributed by atoms with E-state index in [1.807, 2.05) is 30.3 Å². The van der Waals surface area contributed by atoms with Gasteiger partial charge in [-0.3, -0.25) is 0 Å². The normalized spacial score (nSPS) is 11.0. The van der Waals surface area contributed by atoms with Crippen molar-refractivity contribution in [2.45, 2.75) is 0 Å². The first kappa shape index (κ1) is 14.0. The third-order valence-corrected chi connectivity index (χ3v) is 4.36. The minimum absolute atomic E-state index is 0.238. The van der Waals surface area contributed by atoms with Crippen molar-refractivity contribution >= 4 is 34.0 Å². The van der Waals surface area contributed by atoms with Gasteiger partial charge >= 0.3 is 5.69 Å². The van der Waals surface area contributed by atoms with Crippen LogP contribution in [0.2, 0.25) is 5.02 Å². The van der Waals surface area contributed by atoms with Crippen LogP contribution >= 0.6 is 22.9 Å². The number of H-pyrrole nitrogens is 2. The minimum atomic E-state index is -0.238. The Morgan fingerprint density at radius 3 is 2.83 bits per heavy atom. The van der Waals surface area contributed by atoms with E-state index in [0.717, 1.165) is 22.2 Å². The van der Waals surface area contributed by atoms with Gasteiger partial charge in [0.1, 0.15) is 5.75 Å². The first-order chi connectivity index (χ1) is 11.2. The van der Waals surface area contributed by atoms with Gasteiger partial charge in [0, 0.05) is 5.56 Å². The average Bonchev–Trinajstić information content (AvgIpc) is 3.15. The molecule has 0 bridgehead atoms. The van der Waals surface area contributed by atoms with E-state index < -0.39 is 0 Å². The number of thiazole rings is 1. The second-order valence-corrected chi connectivity index (χ2v) is 6.13. The highest BCUT2D eigenvalue weighted by molar-refractivity contribution is 7.11. The summed E-state index contributed by atoms with van der Waals surface area (Å²) < 4.78 is 5.89. The molecule has 0 radical (unpaired) electrons. The molecule has 23 heavy (non-hydrogen) atoms. The van der Waals surface area contributed by atoms with Gasteiger partial charge in [-0.1, -0.05) is 35.1 Å². The molecule has 2 aromatic carbocycles. The number of benzene rings is 2. The van der Waals surface area contributed by atoms with Crippen molar-refractivity contribution in [2.75, 3.05) is 0 Å². The molecule has 0 saturated heterocycles. The van der Waals surface area contributed by atoms with Crippen LogP contribution in [0.4, 0.5) is 0 Å². The number of imidazole rings is 1. The summed E-state index contributed by atoms with van der Waals surface area (Å²) in [5, 5.41) is 1.26. The SMILES string of the molecule is O=c1[nH]c2ccc(-c3c(Cl)cccc3Oc3cncs3)cc2[nH]1. The average molecular weight is 344 g/mol. The van der Waals surface area contributed by atoms with Gasteiger partial charge in [-0.15, -0.1) is 0 Å². The summed E-state index contributed by atoms with van der Waals surface area (Å²) in [4.78, 5) is 20.9. The van der Waals surface area contributed by atoms with E-state index in [4.69, 9.17) is 16.3 Å². The quantitative estimate of drug-likeness (QED) is 0.578. The highest BCUT2D eigenvalue weighted by Gasteiger charge is 2.13. The summed E-state index contributed by atoms with van der Waals surface area (Å²) in [7, 11) is 0. The first-order valence-corrected chi connectivity index (χ1v) is 8.04. The van der Waals surface area contributed by atoms with Gasteiger partial charge in [0.15, 0.2) is 0 Å². The molecule has 2 N–H and O–H groups in total. The zero-order valence-corrected chi connectivity index (χ0v) is 13.2. The Morgan fingerprint density at radius 2 is 2.00 bits per heavy atom. The lowest BCUT2D eigenvalue weighted by atomic mass is 10.0. The van der Waals surface area contributed by atoms with Crippen LogP contribution in [-0.2, 0) is 0 Å². The van der Waals surface area contributed by atoms with Crippen molar-refractivity contribution in [1.82, 2.24) is 15.0 Å². The van der Waals surface area contributed by atoms with E-state index in [9.17, 15) is 4.79 Å². The van der Waals surface area contributed by atoms with Crippen LogP contribution in [0, 0.1) is 0 Å². The summed E-state index contributed by atoms with van der Waals surface area (Å²) in [6.45, 7) is 0. The summed E-state index contributed by atoms with van der Waals surface area (Å²) in [5.41, 5.74) is 4.56. The maximum absolute atomic E-state index is 11.4. The van der Waals surface area contributed by atoms with Gasteiger partial charge in [0.2, 0.25) is 5.06 Å². The van der Waals surface area contributed by atoms with Crippen molar-refractivity contribution in [3.63, 3.8) is 0 Å². The van der Waals surface area contributed by atoms with Crippen molar-refractivity contribution in [1.29, 1.82) is 0 Å². The molecule has 114 valence electrons. The van der Waals surface area contributed by atoms with Gasteiger partial charge in [0.05, 0.1) is 27.8 Å². The second kappa shape index (κ2) is 5.57. The third-order valence-electron chi connectivity index (χ3n) is 3.40. The van der Waals surface area contributed by atoms with E-state index in [1.165, 1.54) is 11.3 Å². The molecule has 2 aromatic heterocycles. The lowest BCUT2D eigenvalue weighted by Crippen LogP contribution is -1.99. The van der Waals surface area contributed by atoms with Crippen LogP contribution in [0.1, 0.15) is 0 Å². The van der Waals surface area contributed by atoms with Gasteiger partial charge in [-0.05, 0) is 29.8 Å². The Morgan fingerprint density at radius 1 is 1.13 bits per heavy atom. The minimum Gasteiger partial charge on any atom is -0.444 e. The Labute approximate surface area is 139 Å². The lowest BCUT2D eigenvalue weighted by Gasteiger charge is -2.11. The molecule has 0 atom stereocenters. The summed E-state index contributed by atoms with van der Waals surface area (Å²) in [6.07, 6.45) is 1.65. The molecule has 0 aliphatic carbocycles. The topological polar surface area (TPSA) is 70.8 Å². The number of ether oxygens (including phenoxy) is 1. The fourth-order valence-corrected chi connectivity index (χ4v) is 3.18. The first-order valence-electron chi connectivity index (χ1n) is 6.78. The zero-order valence-electron chi connectivity index (χ0n) is 11.7.